The van der Waals surface area contributed by atoms with Crippen molar-refractivity contribution in [2.24, 2.45) is 11.7 Å². The van der Waals surface area contributed by atoms with E-state index in [4.69, 9.17) is 5.73 Å². The molecular formula is C16H34N4O. The summed E-state index contributed by atoms with van der Waals surface area (Å²) in [5.74, 6) is 0.728. The molecule has 1 aliphatic heterocycles. The standard InChI is InChI=1S/C16H34N4O/c1-4-5-6-7-18-16(21)15(3)20-10-8-19(9-11-20)13-14(2)12-17/h14-15H,4-13,17H2,1-3H3,(H,18,21). The van der Waals surface area contributed by atoms with E-state index in [9.17, 15) is 4.79 Å². The Morgan fingerprint density at radius 1 is 1.19 bits per heavy atom. The summed E-state index contributed by atoms with van der Waals surface area (Å²) in [5, 5.41) is 3.06. The molecule has 0 radical (unpaired) electrons. The fraction of sp³-hybridized carbons (Fsp3) is 0.938. The highest BCUT2D eigenvalue weighted by Crippen LogP contribution is 2.08. The molecule has 0 aromatic heterocycles. The fourth-order valence-corrected chi connectivity index (χ4v) is 2.75. The second-order valence-corrected chi connectivity index (χ2v) is 6.35. The van der Waals surface area contributed by atoms with Crippen molar-refractivity contribution in [2.75, 3.05) is 45.8 Å². The Morgan fingerprint density at radius 2 is 1.86 bits per heavy atom. The van der Waals surface area contributed by atoms with Gasteiger partial charge >= 0.3 is 0 Å². The van der Waals surface area contributed by atoms with E-state index >= 15 is 0 Å². The molecule has 2 atom stereocenters. The lowest BCUT2D eigenvalue weighted by molar-refractivity contribution is -0.126. The molecule has 0 saturated carbocycles. The maximum absolute atomic E-state index is 12.1. The number of carbonyl (C=O) groups is 1. The van der Waals surface area contributed by atoms with Crippen LogP contribution in [0.4, 0.5) is 0 Å². The average Bonchev–Trinajstić information content (AvgIpc) is 2.51. The van der Waals surface area contributed by atoms with E-state index < -0.39 is 0 Å². The minimum atomic E-state index is -0.0132. The minimum Gasteiger partial charge on any atom is -0.355 e. The Labute approximate surface area is 130 Å². The highest BCUT2D eigenvalue weighted by molar-refractivity contribution is 5.81. The molecule has 1 saturated heterocycles. The van der Waals surface area contributed by atoms with Crippen LogP contribution in [0.15, 0.2) is 0 Å². The minimum absolute atomic E-state index is 0.0132. The predicted octanol–water partition coefficient (Wildman–Crippen LogP) is 0.894. The summed E-state index contributed by atoms with van der Waals surface area (Å²) < 4.78 is 0. The number of rotatable bonds is 9. The number of nitrogens with zero attached hydrogens (tertiary/aromatic N) is 2. The molecule has 124 valence electrons. The van der Waals surface area contributed by atoms with Gasteiger partial charge in [-0.25, -0.2) is 0 Å². The maximum Gasteiger partial charge on any atom is 0.237 e. The molecule has 1 fully saturated rings. The van der Waals surface area contributed by atoms with Gasteiger partial charge in [-0.05, 0) is 25.8 Å². The second-order valence-electron chi connectivity index (χ2n) is 6.35. The molecule has 5 nitrogen and oxygen atoms in total. The molecule has 1 rings (SSSR count). The first-order chi connectivity index (χ1) is 10.1. The monoisotopic (exact) mass is 298 g/mol. The zero-order chi connectivity index (χ0) is 15.7. The molecule has 0 aliphatic carbocycles. The van der Waals surface area contributed by atoms with Crippen molar-refractivity contribution in [1.29, 1.82) is 0 Å². The van der Waals surface area contributed by atoms with Gasteiger partial charge in [-0.15, -0.1) is 0 Å². The van der Waals surface area contributed by atoms with Crippen LogP contribution in [0.5, 0.6) is 0 Å². The van der Waals surface area contributed by atoms with Crippen LogP contribution in [0.2, 0.25) is 0 Å². The van der Waals surface area contributed by atoms with Gasteiger partial charge in [0.2, 0.25) is 5.91 Å². The number of carbonyl (C=O) groups excluding carboxylic acids is 1. The van der Waals surface area contributed by atoms with E-state index in [2.05, 4.69) is 29.0 Å². The first-order valence-corrected chi connectivity index (χ1v) is 8.52. The van der Waals surface area contributed by atoms with Crippen LogP contribution in [0.3, 0.4) is 0 Å². The first-order valence-electron chi connectivity index (χ1n) is 8.52. The smallest absolute Gasteiger partial charge is 0.237 e. The van der Waals surface area contributed by atoms with Crippen LogP contribution < -0.4 is 11.1 Å². The Hall–Kier alpha value is -0.650. The fourth-order valence-electron chi connectivity index (χ4n) is 2.75. The van der Waals surface area contributed by atoms with Crippen molar-refractivity contribution in [3.8, 4) is 0 Å². The van der Waals surface area contributed by atoms with E-state index in [1.165, 1.54) is 12.8 Å². The molecule has 5 heteroatoms. The molecule has 0 spiro atoms. The van der Waals surface area contributed by atoms with Gasteiger partial charge in [-0.1, -0.05) is 26.7 Å². The average molecular weight is 298 g/mol. The lowest BCUT2D eigenvalue weighted by Gasteiger charge is -2.38. The van der Waals surface area contributed by atoms with E-state index in [0.717, 1.165) is 52.2 Å². The Kier molecular flexibility index (Phi) is 8.88. The Morgan fingerprint density at radius 3 is 2.43 bits per heavy atom. The third-order valence-corrected chi connectivity index (χ3v) is 4.39. The topological polar surface area (TPSA) is 61.6 Å². The third kappa shape index (κ3) is 6.76. The molecule has 1 heterocycles. The van der Waals surface area contributed by atoms with Crippen LogP contribution >= 0.6 is 0 Å². The number of hydrogen-bond acceptors (Lipinski definition) is 4. The number of amides is 1. The number of nitrogens with two attached hydrogens (primary N) is 1. The molecule has 0 aromatic rings. The van der Waals surface area contributed by atoms with Crippen LogP contribution in [-0.2, 0) is 4.79 Å². The molecular weight excluding hydrogens is 264 g/mol. The molecule has 21 heavy (non-hydrogen) atoms. The van der Waals surface area contributed by atoms with Crippen LogP contribution in [0.25, 0.3) is 0 Å². The van der Waals surface area contributed by atoms with Crippen molar-refractivity contribution in [3.63, 3.8) is 0 Å². The SMILES string of the molecule is CCCCCNC(=O)C(C)N1CCN(CC(C)CN)CC1. The van der Waals surface area contributed by atoms with Crippen LogP contribution in [0.1, 0.15) is 40.0 Å². The molecule has 1 amide bonds. The van der Waals surface area contributed by atoms with E-state index in [0.29, 0.717) is 5.92 Å². The first kappa shape index (κ1) is 18.4. The predicted molar refractivity (Wildman–Crippen MR) is 88.2 cm³/mol. The zero-order valence-corrected chi connectivity index (χ0v) is 14.1. The van der Waals surface area contributed by atoms with Crippen LogP contribution in [-0.4, -0.2) is 67.6 Å². The Bertz CT molecular complexity index is 290. The number of piperazine rings is 1. The zero-order valence-electron chi connectivity index (χ0n) is 14.1. The van der Waals surface area contributed by atoms with Gasteiger partial charge in [0.25, 0.3) is 0 Å². The lowest BCUT2D eigenvalue weighted by atomic mass is 10.1. The summed E-state index contributed by atoms with van der Waals surface area (Å²) in [5.41, 5.74) is 5.68. The van der Waals surface area contributed by atoms with Crippen molar-refractivity contribution >= 4 is 5.91 Å². The summed E-state index contributed by atoms with van der Waals surface area (Å²) in [6.07, 6.45) is 3.46. The maximum atomic E-state index is 12.1. The van der Waals surface area contributed by atoms with E-state index in [1.807, 2.05) is 6.92 Å². The lowest BCUT2D eigenvalue weighted by Crippen LogP contribution is -2.54. The third-order valence-electron chi connectivity index (χ3n) is 4.39. The Balaban J connectivity index is 2.24. The van der Waals surface area contributed by atoms with Crippen LogP contribution in [0, 0.1) is 5.92 Å². The van der Waals surface area contributed by atoms with Crippen molar-refractivity contribution in [1.82, 2.24) is 15.1 Å². The van der Waals surface area contributed by atoms with Crippen molar-refractivity contribution in [2.45, 2.75) is 46.1 Å². The highest BCUT2D eigenvalue weighted by atomic mass is 16.2. The van der Waals surface area contributed by atoms with Gasteiger partial charge in [0, 0.05) is 39.3 Å². The van der Waals surface area contributed by atoms with Gasteiger partial charge in [0.15, 0.2) is 0 Å². The summed E-state index contributed by atoms with van der Waals surface area (Å²) in [6.45, 7) is 13.0. The summed E-state index contributed by atoms with van der Waals surface area (Å²) in [7, 11) is 0. The van der Waals surface area contributed by atoms with Gasteiger partial charge < -0.3 is 16.0 Å². The number of nitrogens with one attached hydrogen (secondary N) is 1. The molecule has 1 aliphatic rings. The van der Waals surface area contributed by atoms with Gasteiger partial charge in [-0.2, -0.15) is 0 Å². The summed E-state index contributed by atoms with van der Waals surface area (Å²) >= 11 is 0. The number of hydrogen-bond donors (Lipinski definition) is 2. The van der Waals surface area contributed by atoms with E-state index in [-0.39, 0.29) is 11.9 Å². The van der Waals surface area contributed by atoms with Crippen molar-refractivity contribution < 1.29 is 4.79 Å². The second kappa shape index (κ2) is 10.1. The molecule has 2 unspecified atom stereocenters. The molecule has 0 aromatic carbocycles. The van der Waals surface area contributed by atoms with E-state index in [1.54, 1.807) is 0 Å². The molecule has 0 bridgehead atoms. The molecule has 3 N–H and O–H groups in total. The van der Waals surface area contributed by atoms with Gasteiger partial charge in [-0.3, -0.25) is 9.69 Å². The highest BCUT2D eigenvalue weighted by Gasteiger charge is 2.25. The summed E-state index contributed by atoms with van der Waals surface area (Å²) in [4.78, 5) is 16.9. The summed E-state index contributed by atoms with van der Waals surface area (Å²) in [6, 6.07) is -0.0132. The van der Waals surface area contributed by atoms with Crippen molar-refractivity contribution in [3.05, 3.63) is 0 Å². The normalized spacial score (nSPS) is 20.2. The van der Waals surface area contributed by atoms with Gasteiger partial charge in [0.1, 0.15) is 0 Å². The number of unbranched alkanes of at least 4 members (excludes halogenated alkanes) is 2. The largest absolute Gasteiger partial charge is 0.355 e. The van der Waals surface area contributed by atoms with Gasteiger partial charge in [0.05, 0.1) is 6.04 Å². The quantitative estimate of drug-likeness (QED) is 0.621.